The Morgan fingerprint density at radius 2 is 1.81 bits per heavy atom. The standard InChI is InChI=1S/C23H30N4O4/c1-17(23(29)25-19-5-4-6-21(15-19)30-3)26(2)16-22(28)24-18-7-9-20(10-8-18)27-11-13-31-14-12-27/h4-10,15,17H,11-14,16H2,1-3H3,(H,24,28)(H,25,29)/p+1/t17-/m0/s1. The summed E-state index contributed by atoms with van der Waals surface area (Å²) in [4.78, 5) is 28.1. The van der Waals surface area contributed by atoms with E-state index in [1.54, 1.807) is 26.2 Å². The van der Waals surface area contributed by atoms with Crippen LogP contribution in [-0.4, -0.2) is 64.9 Å². The molecule has 1 unspecified atom stereocenters. The van der Waals surface area contributed by atoms with Gasteiger partial charge in [-0.3, -0.25) is 9.59 Å². The Morgan fingerprint density at radius 3 is 2.48 bits per heavy atom. The molecule has 166 valence electrons. The Bertz CT molecular complexity index is 881. The number of nitrogens with zero attached hydrogens (tertiary/aromatic N) is 1. The van der Waals surface area contributed by atoms with E-state index in [1.807, 2.05) is 43.4 Å². The van der Waals surface area contributed by atoms with E-state index in [9.17, 15) is 9.59 Å². The number of hydrogen-bond donors (Lipinski definition) is 3. The molecule has 1 aliphatic rings. The van der Waals surface area contributed by atoms with Gasteiger partial charge in [-0.2, -0.15) is 0 Å². The predicted octanol–water partition coefficient (Wildman–Crippen LogP) is 1.01. The second-order valence-corrected chi connectivity index (χ2v) is 7.66. The molecule has 31 heavy (non-hydrogen) atoms. The largest absolute Gasteiger partial charge is 0.497 e. The topological polar surface area (TPSA) is 84.3 Å². The van der Waals surface area contributed by atoms with Crippen molar-refractivity contribution < 1.29 is 24.0 Å². The molecule has 0 aliphatic carbocycles. The van der Waals surface area contributed by atoms with Crippen molar-refractivity contribution in [3.63, 3.8) is 0 Å². The number of amides is 2. The van der Waals surface area contributed by atoms with Crippen molar-refractivity contribution in [1.29, 1.82) is 0 Å². The van der Waals surface area contributed by atoms with Gasteiger partial charge in [-0.1, -0.05) is 6.07 Å². The summed E-state index contributed by atoms with van der Waals surface area (Å²) < 4.78 is 10.6. The predicted molar refractivity (Wildman–Crippen MR) is 121 cm³/mol. The van der Waals surface area contributed by atoms with E-state index in [4.69, 9.17) is 9.47 Å². The molecule has 0 aromatic heterocycles. The highest BCUT2D eigenvalue weighted by Gasteiger charge is 2.24. The Labute approximate surface area is 183 Å². The van der Waals surface area contributed by atoms with Gasteiger partial charge in [0.1, 0.15) is 5.75 Å². The molecule has 2 aromatic rings. The van der Waals surface area contributed by atoms with Crippen molar-refractivity contribution in [1.82, 2.24) is 0 Å². The maximum Gasteiger partial charge on any atom is 0.282 e. The minimum Gasteiger partial charge on any atom is -0.497 e. The van der Waals surface area contributed by atoms with E-state index in [1.165, 1.54) is 0 Å². The Balaban J connectivity index is 1.49. The maximum absolute atomic E-state index is 12.6. The summed E-state index contributed by atoms with van der Waals surface area (Å²) in [6.45, 7) is 5.19. The number of nitrogens with one attached hydrogen (secondary N) is 3. The first-order valence-electron chi connectivity index (χ1n) is 10.5. The third-order valence-electron chi connectivity index (χ3n) is 5.44. The van der Waals surface area contributed by atoms with Gasteiger partial charge in [-0.25, -0.2) is 0 Å². The average molecular weight is 428 g/mol. The molecule has 8 heteroatoms. The lowest BCUT2D eigenvalue weighted by molar-refractivity contribution is -0.885. The van der Waals surface area contributed by atoms with Crippen molar-refractivity contribution in [2.75, 3.05) is 62.5 Å². The highest BCUT2D eigenvalue weighted by Crippen LogP contribution is 2.19. The highest BCUT2D eigenvalue weighted by molar-refractivity contribution is 5.94. The molecule has 1 fully saturated rings. The molecule has 8 nitrogen and oxygen atoms in total. The number of quaternary nitrogens is 1. The highest BCUT2D eigenvalue weighted by atomic mass is 16.5. The van der Waals surface area contributed by atoms with Gasteiger partial charge in [0.05, 0.1) is 27.4 Å². The SMILES string of the molecule is COc1cccc(NC(=O)[C@H](C)[NH+](C)CC(=O)Nc2ccc(N3CCOCC3)cc2)c1. The molecule has 0 spiro atoms. The molecule has 1 aliphatic heterocycles. The lowest BCUT2D eigenvalue weighted by Gasteiger charge is -2.28. The first kappa shape index (κ1) is 22.6. The van der Waals surface area contributed by atoms with Crippen LogP contribution in [0.2, 0.25) is 0 Å². The number of carbonyl (C=O) groups is 2. The van der Waals surface area contributed by atoms with Gasteiger partial charge in [0.2, 0.25) is 0 Å². The Hall–Kier alpha value is -3.10. The van der Waals surface area contributed by atoms with Crippen LogP contribution in [0.25, 0.3) is 0 Å². The van der Waals surface area contributed by atoms with Crippen molar-refractivity contribution in [3.8, 4) is 5.75 Å². The smallest absolute Gasteiger partial charge is 0.282 e. The second-order valence-electron chi connectivity index (χ2n) is 7.66. The zero-order valence-corrected chi connectivity index (χ0v) is 18.3. The summed E-state index contributed by atoms with van der Waals surface area (Å²) in [5.74, 6) is 0.372. The number of benzene rings is 2. The second kappa shape index (κ2) is 10.8. The van der Waals surface area contributed by atoms with Gasteiger partial charge in [-0.05, 0) is 43.3 Å². The molecule has 1 heterocycles. The minimum atomic E-state index is -0.402. The Kier molecular flexibility index (Phi) is 7.86. The van der Waals surface area contributed by atoms with Gasteiger partial charge < -0.3 is 29.9 Å². The third kappa shape index (κ3) is 6.44. The van der Waals surface area contributed by atoms with Crippen LogP contribution < -0.4 is 25.2 Å². The lowest BCUT2D eigenvalue weighted by atomic mass is 10.2. The number of hydrogen-bond acceptors (Lipinski definition) is 5. The fourth-order valence-corrected chi connectivity index (χ4v) is 3.36. The van der Waals surface area contributed by atoms with Crippen LogP contribution in [0, 0.1) is 0 Å². The van der Waals surface area contributed by atoms with Gasteiger partial charge in [-0.15, -0.1) is 0 Å². The van der Waals surface area contributed by atoms with Crippen LogP contribution in [0.3, 0.4) is 0 Å². The van der Waals surface area contributed by atoms with Crippen LogP contribution in [0.15, 0.2) is 48.5 Å². The molecule has 3 N–H and O–H groups in total. The first-order valence-corrected chi connectivity index (χ1v) is 10.5. The molecule has 2 aromatic carbocycles. The van der Waals surface area contributed by atoms with Gasteiger partial charge >= 0.3 is 0 Å². The average Bonchev–Trinajstić information content (AvgIpc) is 2.79. The van der Waals surface area contributed by atoms with Crippen molar-refractivity contribution in [2.45, 2.75) is 13.0 Å². The van der Waals surface area contributed by atoms with E-state index < -0.39 is 6.04 Å². The number of ether oxygens (including phenoxy) is 2. The summed E-state index contributed by atoms with van der Waals surface area (Å²) in [5.41, 5.74) is 2.52. The van der Waals surface area contributed by atoms with Gasteiger partial charge in [0.25, 0.3) is 11.8 Å². The van der Waals surface area contributed by atoms with Crippen LogP contribution in [0.5, 0.6) is 5.75 Å². The molecular weight excluding hydrogens is 396 g/mol. The summed E-state index contributed by atoms with van der Waals surface area (Å²) in [6.07, 6.45) is 0. The van der Waals surface area contributed by atoms with E-state index >= 15 is 0 Å². The zero-order valence-electron chi connectivity index (χ0n) is 18.3. The minimum absolute atomic E-state index is 0.141. The van der Waals surface area contributed by atoms with Crippen molar-refractivity contribution in [3.05, 3.63) is 48.5 Å². The number of carbonyl (C=O) groups excluding carboxylic acids is 2. The monoisotopic (exact) mass is 427 g/mol. The number of likely N-dealkylation sites (N-methyl/N-ethyl adjacent to an activating group) is 1. The maximum atomic E-state index is 12.6. The van der Waals surface area contributed by atoms with Crippen LogP contribution >= 0.6 is 0 Å². The lowest BCUT2D eigenvalue weighted by Crippen LogP contribution is -3.14. The number of rotatable bonds is 8. The van der Waals surface area contributed by atoms with Crippen LogP contribution in [-0.2, 0) is 14.3 Å². The molecule has 1 saturated heterocycles. The number of morpholine rings is 1. The normalized spacial score (nSPS) is 15.6. The van der Waals surface area contributed by atoms with Gasteiger partial charge in [0, 0.05) is 36.2 Å². The molecule has 2 atom stereocenters. The molecule has 3 rings (SSSR count). The summed E-state index contributed by atoms with van der Waals surface area (Å²) >= 11 is 0. The fourth-order valence-electron chi connectivity index (χ4n) is 3.36. The number of methoxy groups -OCH3 is 1. The summed E-state index contributed by atoms with van der Waals surface area (Å²) in [7, 11) is 3.41. The Morgan fingerprint density at radius 1 is 1.10 bits per heavy atom. The summed E-state index contributed by atoms with van der Waals surface area (Å²) in [5, 5.41) is 5.78. The summed E-state index contributed by atoms with van der Waals surface area (Å²) in [6, 6.07) is 14.6. The van der Waals surface area contributed by atoms with E-state index in [0.717, 1.165) is 42.6 Å². The van der Waals surface area contributed by atoms with E-state index in [0.29, 0.717) is 11.4 Å². The zero-order chi connectivity index (χ0) is 22.2. The molecule has 0 bridgehead atoms. The van der Waals surface area contributed by atoms with Crippen LogP contribution in [0.1, 0.15) is 6.92 Å². The molecule has 0 radical (unpaired) electrons. The molecule has 0 saturated carbocycles. The molecule has 2 amide bonds. The van der Waals surface area contributed by atoms with E-state index in [-0.39, 0.29) is 18.4 Å². The quantitative estimate of drug-likeness (QED) is 0.586. The van der Waals surface area contributed by atoms with Crippen molar-refractivity contribution >= 4 is 28.9 Å². The van der Waals surface area contributed by atoms with Gasteiger partial charge in [0.15, 0.2) is 12.6 Å². The first-order chi connectivity index (χ1) is 15.0. The van der Waals surface area contributed by atoms with E-state index in [2.05, 4.69) is 15.5 Å². The van der Waals surface area contributed by atoms with Crippen LogP contribution in [0.4, 0.5) is 17.1 Å². The third-order valence-corrected chi connectivity index (χ3v) is 5.44. The van der Waals surface area contributed by atoms with Crippen molar-refractivity contribution in [2.24, 2.45) is 0 Å². The number of anilines is 3. The molecular formula is C23H31N4O4+. The fraction of sp³-hybridized carbons (Fsp3) is 0.391.